The maximum Gasteiger partial charge on any atom is 0.255 e. The van der Waals surface area contributed by atoms with Gasteiger partial charge in [-0.2, -0.15) is 0 Å². The number of aromatic nitrogens is 2. The molecule has 6 heteroatoms. The number of carbonyl (C=O) groups excluding carboxylic acids is 1. The van der Waals surface area contributed by atoms with E-state index in [1.54, 1.807) is 31.6 Å². The first kappa shape index (κ1) is 18.7. The molecule has 4 rings (SSSR count). The van der Waals surface area contributed by atoms with E-state index in [9.17, 15) is 4.79 Å². The van der Waals surface area contributed by atoms with Crippen molar-refractivity contribution in [3.8, 4) is 16.9 Å². The molecule has 146 valence electrons. The molecule has 0 saturated heterocycles. The van der Waals surface area contributed by atoms with Crippen LogP contribution in [-0.4, -0.2) is 23.0 Å². The van der Waals surface area contributed by atoms with E-state index in [1.807, 2.05) is 49.4 Å². The summed E-state index contributed by atoms with van der Waals surface area (Å²) in [6, 6.07) is 16.8. The fourth-order valence-corrected chi connectivity index (χ4v) is 3.38. The highest BCUT2D eigenvalue weighted by Crippen LogP contribution is 2.30. The second-order valence-corrected chi connectivity index (χ2v) is 6.87. The molecule has 2 aromatic heterocycles. The molecular formula is C23H22N4O2. The monoisotopic (exact) mass is 386 g/mol. The number of hydrogen-bond donors (Lipinski definition) is 3. The molecular weight excluding hydrogens is 364 g/mol. The van der Waals surface area contributed by atoms with Gasteiger partial charge in [-0.05, 0) is 60.0 Å². The van der Waals surface area contributed by atoms with Crippen LogP contribution in [0.5, 0.6) is 5.75 Å². The van der Waals surface area contributed by atoms with E-state index in [0.29, 0.717) is 11.3 Å². The van der Waals surface area contributed by atoms with Gasteiger partial charge in [0, 0.05) is 29.4 Å². The maximum atomic E-state index is 13.0. The zero-order valence-corrected chi connectivity index (χ0v) is 16.3. The molecule has 29 heavy (non-hydrogen) atoms. The fourth-order valence-electron chi connectivity index (χ4n) is 3.38. The average molecular weight is 386 g/mol. The number of pyridine rings is 1. The van der Waals surface area contributed by atoms with E-state index >= 15 is 0 Å². The molecule has 0 aliphatic heterocycles. The molecule has 1 amide bonds. The predicted octanol–water partition coefficient (Wildman–Crippen LogP) is 4.51. The van der Waals surface area contributed by atoms with Gasteiger partial charge in [0.1, 0.15) is 11.4 Å². The smallest absolute Gasteiger partial charge is 0.255 e. The van der Waals surface area contributed by atoms with Gasteiger partial charge in [0.15, 0.2) is 0 Å². The minimum atomic E-state index is -0.190. The molecule has 0 fully saturated rings. The second kappa shape index (κ2) is 7.77. The molecule has 0 spiro atoms. The topological polar surface area (TPSA) is 93.0 Å². The number of amides is 1. The molecule has 0 aliphatic carbocycles. The zero-order valence-electron chi connectivity index (χ0n) is 16.3. The number of ether oxygens (including phenoxy) is 1. The molecule has 2 heterocycles. The van der Waals surface area contributed by atoms with Crippen LogP contribution >= 0.6 is 0 Å². The average Bonchev–Trinajstić information content (AvgIpc) is 3.23. The molecule has 1 unspecified atom stereocenters. The first-order chi connectivity index (χ1) is 14.1. The minimum absolute atomic E-state index is 0.163. The van der Waals surface area contributed by atoms with Gasteiger partial charge >= 0.3 is 0 Å². The highest BCUT2D eigenvalue weighted by atomic mass is 16.5. The Hall–Kier alpha value is -3.64. The van der Waals surface area contributed by atoms with Crippen LogP contribution in [0.2, 0.25) is 0 Å². The number of nitrogens with zero attached hydrogens (tertiary/aromatic N) is 1. The Bertz CT molecular complexity index is 1160. The SMILES string of the molecule is COc1ccc(-c2cc(C(=O)Nc3ccnc4[nH]ccc34)ccc2C(C)N)cc1. The van der Waals surface area contributed by atoms with Crippen LogP contribution in [0.25, 0.3) is 22.2 Å². The van der Waals surface area contributed by atoms with Gasteiger partial charge in [-0.25, -0.2) is 4.98 Å². The van der Waals surface area contributed by atoms with Gasteiger partial charge in [-0.15, -0.1) is 0 Å². The number of H-pyrrole nitrogens is 1. The van der Waals surface area contributed by atoms with Crippen molar-refractivity contribution >= 4 is 22.6 Å². The Morgan fingerprint density at radius 2 is 1.93 bits per heavy atom. The number of hydrogen-bond acceptors (Lipinski definition) is 4. The number of aromatic amines is 1. The number of carbonyl (C=O) groups is 1. The number of fused-ring (bicyclic) bond motifs is 1. The third-order valence-electron chi connectivity index (χ3n) is 4.92. The summed E-state index contributed by atoms with van der Waals surface area (Å²) in [7, 11) is 1.63. The van der Waals surface area contributed by atoms with Crippen molar-refractivity contribution in [1.82, 2.24) is 9.97 Å². The number of anilines is 1. The number of rotatable bonds is 5. The Morgan fingerprint density at radius 1 is 1.14 bits per heavy atom. The summed E-state index contributed by atoms with van der Waals surface area (Å²) in [5.41, 5.74) is 11.1. The second-order valence-electron chi connectivity index (χ2n) is 6.87. The van der Waals surface area contributed by atoms with Crippen molar-refractivity contribution < 1.29 is 9.53 Å². The van der Waals surface area contributed by atoms with Crippen LogP contribution in [0, 0.1) is 0 Å². The lowest BCUT2D eigenvalue weighted by Crippen LogP contribution is -2.14. The molecule has 0 bridgehead atoms. The highest BCUT2D eigenvalue weighted by Gasteiger charge is 2.15. The summed E-state index contributed by atoms with van der Waals surface area (Å²) >= 11 is 0. The normalized spacial score (nSPS) is 12.0. The molecule has 4 aromatic rings. The summed E-state index contributed by atoms with van der Waals surface area (Å²) in [4.78, 5) is 20.2. The van der Waals surface area contributed by atoms with Crippen LogP contribution in [0.3, 0.4) is 0 Å². The highest BCUT2D eigenvalue weighted by molar-refractivity contribution is 6.08. The van der Waals surface area contributed by atoms with Gasteiger partial charge in [-0.3, -0.25) is 4.79 Å². The maximum absolute atomic E-state index is 13.0. The lowest BCUT2D eigenvalue weighted by Gasteiger charge is -2.15. The first-order valence-electron chi connectivity index (χ1n) is 9.34. The Kier molecular flexibility index (Phi) is 5.01. The van der Waals surface area contributed by atoms with Crippen molar-refractivity contribution in [2.24, 2.45) is 5.73 Å². The van der Waals surface area contributed by atoms with Crippen molar-refractivity contribution in [3.05, 3.63) is 78.1 Å². The summed E-state index contributed by atoms with van der Waals surface area (Å²) < 4.78 is 5.24. The van der Waals surface area contributed by atoms with Crippen molar-refractivity contribution in [2.45, 2.75) is 13.0 Å². The number of nitrogens with one attached hydrogen (secondary N) is 2. The third kappa shape index (κ3) is 3.70. The Balaban J connectivity index is 1.70. The lowest BCUT2D eigenvalue weighted by atomic mass is 9.93. The molecule has 0 aliphatic rings. The van der Waals surface area contributed by atoms with Crippen molar-refractivity contribution in [3.63, 3.8) is 0 Å². The van der Waals surface area contributed by atoms with Gasteiger partial charge < -0.3 is 20.8 Å². The summed E-state index contributed by atoms with van der Waals surface area (Å²) in [6.45, 7) is 1.93. The van der Waals surface area contributed by atoms with E-state index < -0.39 is 0 Å². The number of benzene rings is 2. The summed E-state index contributed by atoms with van der Waals surface area (Å²) in [5, 5.41) is 3.85. The third-order valence-corrected chi connectivity index (χ3v) is 4.92. The van der Waals surface area contributed by atoms with Gasteiger partial charge in [0.05, 0.1) is 12.8 Å². The molecule has 0 saturated carbocycles. The van der Waals surface area contributed by atoms with E-state index in [1.165, 1.54) is 0 Å². The number of methoxy groups -OCH3 is 1. The summed E-state index contributed by atoms with van der Waals surface area (Å²) in [5.74, 6) is 0.586. The number of nitrogens with two attached hydrogens (primary N) is 1. The Labute approximate surface area is 168 Å². The van der Waals surface area contributed by atoms with Crippen LogP contribution in [0.15, 0.2) is 67.0 Å². The van der Waals surface area contributed by atoms with Crippen molar-refractivity contribution in [2.75, 3.05) is 12.4 Å². The summed E-state index contributed by atoms with van der Waals surface area (Å²) in [6.07, 6.45) is 3.46. The standard InChI is InChI=1S/C23H22N4O2/c1-14(24)18-8-5-16(13-20(18)15-3-6-17(29-2)7-4-15)23(28)27-21-10-12-26-22-19(21)9-11-25-22/h3-14H,24H2,1-2H3,(H2,25,26,27,28). The lowest BCUT2D eigenvalue weighted by molar-refractivity contribution is 0.102. The van der Waals surface area contributed by atoms with E-state index in [0.717, 1.165) is 33.5 Å². The van der Waals surface area contributed by atoms with Gasteiger partial charge in [0.2, 0.25) is 0 Å². The Morgan fingerprint density at radius 3 is 2.66 bits per heavy atom. The quantitative estimate of drug-likeness (QED) is 0.470. The van der Waals surface area contributed by atoms with Crippen LogP contribution in [0.1, 0.15) is 28.9 Å². The fraction of sp³-hybridized carbons (Fsp3) is 0.130. The van der Waals surface area contributed by atoms with E-state index in [2.05, 4.69) is 15.3 Å². The largest absolute Gasteiger partial charge is 0.497 e. The predicted molar refractivity (Wildman–Crippen MR) is 115 cm³/mol. The zero-order chi connectivity index (χ0) is 20.4. The molecule has 0 radical (unpaired) electrons. The molecule has 4 N–H and O–H groups in total. The van der Waals surface area contributed by atoms with Gasteiger partial charge in [-0.1, -0.05) is 18.2 Å². The minimum Gasteiger partial charge on any atom is -0.497 e. The van der Waals surface area contributed by atoms with Crippen LogP contribution in [0.4, 0.5) is 5.69 Å². The van der Waals surface area contributed by atoms with Crippen molar-refractivity contribution in [1.29, 1.82) is 0 Å². The molecule has 2 aromatic carbocycles. The van der Waals surface area contributed by atoms with Crippen LogP contribution < -0.4 is 15.8 Å². The molecule has 1 atom stereocenters. The van der Waals surface area contributed by atoms with Crippen LogP contribution in [-0.2, 0) is 0 Å². The van der Waals surface area contributed by atoms with E-state index in [4.69, 9.17) is 10.5 Å². The first-order valence-corrected chi connectivity index (χ1v) is 9.34. The molecule has 6 nitrogen and oxygen atoms in total. The van der Waals surface area contributed by atoms with Gasteiger partial charge in [0.25, 0.3) is 5.91 Å². The van der Waals surface area contributed by atoms with E-state index in [-0.39, 0.29) is 11.9 Å².